The number of quaternary nitrogens is 1. The summed E-state index contributed by atoms with van der Waals surface area (Å²) in [4.78, 5) is 37.1. The second-order valence-corrected chi connectivity index (χ2v) is 16.4. The number of allylic oxidation sites excluding steroid dienone is 22. The van der Waals surface area contributed by atoms with E-state index in [1.165, 1.54) is 12.8 Å². The van der Waals surface area contributed by atoms with E-state index in [2.05, 4.69) is 86.8 Å². The van der Waals surface area contributed by atoms with Crippen LogP contribution in [-0.2, 0) is 28.6 Å². The van der Waals surface area contributed by atoms with E-state index < -0.39 is 18.1 Å². The van der Waals surface area contributed by atoms with Crippen LogP contribution in [0.3, 0.4) is 0 Å². The van der Waals surface area contributed by atoms with Crippen LogP contribution in [0.2, 0.25) is 0 Å². The van der Waals surface area contributed by atoms with Gasteiger partial charge in [-0.05, 0) is 77.0 Å². The van der Waals surface area contributed by atoms with Gasteiger partial charge in [0.05, 0.1) is 34.4 Å². The minimum Gasteiger partial charge on any atom is -0.477 e. The number of aliphatic carboxylic acids is 1. The number of carboxylic acid groups (broad SMARTS) is 1. The molecular weight excluding hydrogens is 787 g/mol. The van der Waals surface area contributed by atoms with E-state index in [1.807, 2.05) is 81.9 Å². The fourth-order valence-corrected chi connectivity index (χ4v) is 6.09. The number of carbonyl (C=O) groups is 3. The molecule has 0 aromatic carbocycles. The van der Waals surface area contributed by atoms with Gasteiger partial charge >= 0.3 is 17.9 Å². The maximum Gasteiger partial charge on any atom is 0.362 e. The lowest BCUT2D eigenvalue weighted by Gasteiger charge is -2.31. The summed E-state index contributed by atoms with van der Waals surface area (Å²) in [7, 11) is 5.49. The molecule has 0 rings (SSSR count). The lowest BCUT2D eigenvalue weighted by atomic mass is 10.1. The number of ether oxygens (including phenoxy) is 3. The van der Waals surface area contributed by atoms with E-state index in [0.29, 0.717) is 19.3 Å². The molecule has 8 heteroatoms. The number of nitrogens with zero attached hydrogens (tertiary/aromatic N) is 1. The van der Waals surface area contributed by atoms with Crippen molar-refractivity contribution >= 4 is 17.9 Å². The van der Waals surface area contributed by atoms with Crippen LogP contribution in [-0.4, -0.2) is 80.6 Å². The Balaban J connectivity index is 4.43. The lowest BCUT2D eigenvalue weighted by Crippen LogP contribution is -2.50. The Morgan fingerprint density at radius 3 is 1.44 bits per heavy atom. The summed E-state index contributed by atoms with van der Waals surface area (Å²) in [6.07, 6.45) is 63.5. The predicted octanol–water partition coefficient (Wildman–Crippen LogP) is 13.6. The van der Waals surface area contributed by atoms with E-state index in [4.69, 9.17) is 14.2 Å². The van der Waals surface area contributed by atoms with Crippen LogP contribution in [0.15, 0.2) is 134 Å². The number of unbranched alkanes of at least 4 members (excludes halogenated alkanes) is 9. The number of hydrogen-bond acceptors (Lipinski definition) is 6. The van der Waals surface area contributed by atoms with Gasteiger partial charge in [0.25, 0.3) is 0 Å². The third-order valence-corrected chi connectivity index (χ3v) is 9.71. The molecule has 0 aliphatic heterocycles. The molecule has 0 aromatic rings. The van der Waals surface area contributed by atoms with Gasteiger partial charge < -0.3 is 23.8 Å². The second-order valence-electron chi connectivity index (χ2n) is 16.4. The quantitative estimate of drug-likeness (QED) is 0.0215. The molecule has 0 heterocycles. The molecule has 0 aliphatic carbocycles. The topological polar surface area (TPSA) is 99.1 Å². The van der Waals surface area contributed by atoms with E-state index in [-0.39, 0.29) is 42.7 Å². The summed E-state index contributed by atoms with van der Waals surface area (Å²) in [5.41, 5.74) is 0. The zero-order chi connectivity index (χ0) is 46.3. The number of rotatable bonds is 40. The molecular formula is C55H86NO7+. The van der Waals surface area contributed by atoms with Crippen molar-refractivity contribution in [1.82, 2.24) is 0 Å². The summed E-state index contributed by atoms with van der Waals surface area (Å²) in [6.45, 7) is 4.38. The molecule has 8 nitrogen and oxygen atoms in total. The standard InChI is InChI=1S/C55H85NO7/c1-6-8-10-12-14-16-18-20-22-24-25-26-27-28-30-31-33-35-37-39-41-43-45-53(57)62-50-51(49-61-48-47-52(55(59)60)56(3,4)5)63-54(58)46-44-42-40-38-36-34-32-29-23-21-19-17-15-13-11-9-7-2/h8-11,13-17,19-23,25-26,28-30,32,34,36,51-52H,6-7,12,18,24,27,31,33,35,37-50H2,1-5H3/p+1/b10-8+,11-9+,15-13+,16-14+,19-17+,22-20+,23-21+,26-25+,30-28+,32-29+,36-34+. The van der Waals surface area contributed by atoms with Gasteiger partial charge in [-0.3, -0.25) is 9.59 Å². The van der Waals surface area contributed by atoms with Gasteiger partial charge in [0.15, 0.2) is 12.1 Å². The highest BCUT2D eigenvalue weighted by Gasteiger charge is 2.31. The summed E-state index contributed by atoms with van der Waals surface area (Å²) in [6, 6.07) is -0.636. The van der Waals surface area contributed by atoms with E-state index in [9.17, 15) is 19.5 Å². The Bertz CT molecular complexity index is 1480. The van der Waals surface area contributed by atoms with Crippen LogP contribution in [0, 0.1) is 0 Å². The molecule has 2 atom stereocenters. The van der Waals surface area contributed by atoms with Crippen LogP contribution in [0.5, 0.6) is 0 Å². The van der Waals surface area contributed by atoms with Gasteiger partial charge in [-0.2, -0.15) is 0 Å². The van der Waals surface area contributed by atoms with Gasteiger partial charge in [-0.1, -0.05) is 180 Å². The normalized spacial score (nSPS) is 14.1. The molecule has 0 aromatic heterocycles. The Labute approximate surface area is 383 Å². The smallest absolute Gasteiger partial charge is 0.362 e. The number of esters is 2. The number of carbonyl (C=O) groups excluding carboxylic acids is 2. The van der Waals surface area contributed by atoms with E-state index in [0.717, 1.165) is 89.9 Å². The zero-order valence-electron chi connectivity index (χ0n) is 40.0. The highest BCUT2D eigenvalue weighted by molar-refractivity contribution is 5.72. The van der Waals surface area contributed by atoms with Gasteiger partial charge in [0.1, 0.15) is 6.61 Å². The van der Waals surface area contributed by atoms with Crippen LogP contribution in [0.4, 0.5) is 0 Å². The summed E-state index contributed by atoms with van der Waals surface area (Å²) < 4.78 is 17.2. The van der Waals surface area contributed by atoms with Crippen LogP contribution < -0.4 is 0 Å². The molecule has 63 heavy (non-hydrogen) atoms. The first-order chi connectivity index (χ1) is 30.6. The largest absolute Gasteiger partial charge is 0.477 e. The van der Waals surface area contributed by atoms with Gasteiger partial charge in [-0.15, -0.1) is 0 Å². The fraction of sp³-hybridized carbons (Fsp3) is 0.545. The van der Waals surface area contributed by atoms with Crippen molar-refractivity contribution in [3.05, 3.63) is 134 Å². The molecule has 0 fully saturated rings. The Morgan fingerprint density at radius 2 is 0.921 bits per heavy atom. The predicted molar refractivity (Wildman–Crippen MR) is 265 cm³/mol. The van der Waals surface area contributed by atoms with Crippen molar-refractivity contribution in [3.8, 4) is 0 Å². The molecule has 0 aliphatic rings. The van der Waals surface area contributed by atoms with Crippen LogP contribution >= 0.6 is 0 Å². The van der Waals surface area contributed by atoms with Crippen LogP contribution in [0.25, 0.3) is 0 Å². The minimum absolute atomic E-state index is 0.0274. The third kappa shape index (κ3) is 42.5. The Kier molecular flexibility index (Phi) is 40.9. The number of carboxylic acids is 1. The van der Waals surface area contributed by atoms with Gasteiger partial charge in [0.2, 0.25) is 0 Å². The zero-order valence-corrected chi connectivity index (χ0v) is 40.0. The maximum absolute atomic E-state index is 12.7. The first-order valence-electron chi connectivity index (χ1n) is 23.8. The molecule has 2 unspecified atom stereocenters. The van der Waals surface area contributed by atoms with E-state index >= 15 is 0 Å². The molecule has 0 saturated carbocycles. The summed E-state index contributed by atoms with van der Waals surface area (Å²) in [5.74, 6) is -1.57. The summed E-state index contributed by atoms with van der Waals surface area (Å²) in [5, 5.41) is 9.64. The molecule has 0 spiro atoms. The monoisotopic (exact) mass is 873 g/mol. The van der Waals surface area contributed by atoms with E-state index in [1.54, 1.807) is 0 Å². The average Bonchev–Trinajstić information content (AvgIpc) is 3.24. The molecule has 352 valence electrons. The molecule has 0 radical (unpaired) electrons. The molecule has 1 N–H and O–H groups in total. The van der Waals surface area contributed by atoms with Crippen molar-refractivity contribution in [2.24, 2.45) is 0 Å². The van der Waals surface area contributed by atoms with Crippen molar-refractivity contribution < 1.29 is 38.2 Å². The van der Waals surface area contributed by atoms with Crippen molar-refractivity contribution in [1.29, 1.82) is 0 Å². The lowest BCUT2D eigenvalue weighted by molar-refractivity contribution is -0.887. The molecule has 0 bridgehead atoms. The fourth-order valence-electron chi connectivity index (χ4n) is 6.09. The highest BCUT2D eigenvalue weighted by Crippen LogP contribution is 2.12. The van der Waals surface area contributed by atoms with Crippen molar-refractivity contribution in [3.63, 3.8) is 0 Å². The van der Waals surface area contributed by atoms with Crippen molar-refractivity contribution in [2.75, 3.05) is 41.0 Å². The highest BCUT2D eigenvalue weighted by atomic mass is 16.6. The Hall–Kier alpha value is -4.53. The maximum atomic E-state index is 12.7. The summed E-state index contributed by atoms with van der Waals surface area (Å²) >= 11 is 0. The van der Waals surface area contributed by atoms with Gasteiger partial charge in [0, 0.05) is 19.3 Å². The first kappa shape index (κ1) is 58.5. The minimum atomic E-state index is -0.892. The average molecular weight is 873 g/mol. The number of likely N-dealkylation sites (N-methyl/N-ethyl adjacent to an activating group) is 1. The second kappa shape index (κ2) is 44.1. The first-order valence-corrected chi connectivity index (χ1v) is 23.8. The number of hydrogen-bond donors (Lipinski definition) is 1. The van der Waals surface area contributed by atoms with Crippen molar-refractivity contribution in [2.45, 2.75) is 154 Å². The molecule has 0 saturated heterocycles. The SMILES string of the molecule is CC/C=C/C=C/C=C/C=C/C=C/C=C/CCCCCC(=O)OC(COCCC(C(=O)O)[N+](C)(C)C)COC(=O)CCCCCCCC/C=C/C/C=C/C/C=C/C/C=C/C/C=C/CC. The van der Waals surface area contributed by atoms with Crippen LogP contribution in [0.1, 0.15) is 142 Å². The van der Waals surface area contributed by atoms with Gasteiger partial charge in [-0.25, -0.2) is 4.79 Å². The molecule has 0 amide bonds. The Morgan fingerprint density at radius 1 is 0.492 bits per heavy atom. The third-order valence-electron chi connectivity index (χ3n) is 9.71.